The molecule has 1 aliphatic heterocycles. The fourth-order valence-electron chi connectivity index (χ4n) is 2.69. The smallest absolute Gasteiger partial charge is 0.261 e. The van der Waals surface area contributed by atoms with Crippen molar-refractivity contribution in [1.82, 2.24) is 10.2 Å². The summed E-state index contributed by atoms with van der Waals surface area (Å²) in [5.41, 5.74) is 0.925. The van der Waals surface area contributed by atoms with E-state index in [-0.39, 0.29) is 23.9 Å². The van der Waals surface area contributed by atoms with E-state index in [1.54, 1.807) is 17.8 Å². The summed E-state index contributed by atoms with van der Waals surface area (Å²) in [5, 5.41) is 3.51. The van der Waals surface area contributed by atoms with Gasteiger partial charge in [0.25, 0.3) is 17.7 Å². The molecule has 2 aromatic carbocycles. The molecular formula is C20H17ClN2O3S. The summed E-state index contributed by atoms with van der Waals surface area (Å²) in [5.74, 6) is -0.343. The number of imide groups is 1. The monoisotopic (exact) mass is 400 g/mol. The van der Waals surface area contributed by atoms with Crippen molar-refractivity contribution < 1.29 is 14.4 Å². The molecule has 0 radical (unpaired) electrons. The zero-order valence-electron chi connectivity index (χ0n) is 14.4. The highest BCUT2D eigenvalue weighted by Gasteiger charge is 2.35. The van der Waals surface area contributed by atoms with Crippen LogP contribution in [0.3, 0.4) is 0 Å². The molecule has 0 unspecified atom stereocenters. The van der Waals surface area contributed by atoms with Gasteiger partial charge in [-0.2, -0.15) is 0 Å². The summed E-state index contributed by atoms with van der Waals surface area (Å²) in [6.07, 6.45) is 1.49. The molecule has 1 aliphatic rings. The van der Waals surface area contributed by atoms with E-state index in [0.29, 0.717) is 28.4 Å². The topological polar surface area (TPSA) is 66.5 Å². The number of rotatable bonds is 7. The normalized spacial score (nSPS) is 12.9. The Morgan fingerprint density at radius 2 is 1.81 bits per heavy atom. The van der Waals surface area contributed by atoms with Crippen LogP contribution in [0, 0.1) is 0 Å². The first-order chi connectivity index (χ1) is 13.0. The molecule has 7 heteroatoms. The van der Waals surface area contributed by atoms with Crippen LogP contribution in [0.15, 0.2) is 60.0 Å². The van der Waals surface area contributed by atoms with Crippen LogP contribution in [0.5, 0.6) is 0 Å². The lowest BCUT2D eigenvalue weighted by Gasteiger charge is -2.09. The number of nitrogens with zero attached hydrogens (tertiary/aromatic N) is 1. The highest BCUT2D eigenvalue weighted by Crippen LogP contribution is 2.24. The summed E-state index contributed by atoms with van der Waals surface area (Å²) in [6, 6.07) is 12.0. The third-order valence-corrected chi connectivity index (χ3v) is 5.28. The number of halogens is 1. The van der Waals surface area contributed by atoms with E-state index < -0.39 is 5.91 Å². The number of carbonyl (C=O) groups is 3. The van der Waals surface area contributed by atoms with Crippen molar-refractivity contribution in [2.75, 3.05) is 18.8 Å². The fraction of sp³-hybridized carbons (Fsp3) is 0.150. The van der Waals surface area contributed by atoms with E-state index in [1.165, 1.54) is 18.2 Å². The van der Waals surface area contributed by atoms with E-state index in [1.807, 2.05) is 24.3 Å². The molecule has 2 aromatic rings. The van der Waals surface area contributed by atoms with Crippen molar-refractivity contribution >= 4 is 41.1 Å². The minimum Gasteiger partial charge on any atom is -0.351 e. The first-order valence-electron chi connectivity index (χ1n) is 8.29. The van der Waals surface area contributed by atoms with E-state index >= 15 is 0 Å². The van der Waals surface area contributed by atoms with Gasteiger partial charge in [-0.3, -0.25) is 19.3 Å². The molecule has 138 valence electrons. The van der Waals surface area contributed by atoms with Gasteiger partial charge in [0.05, 0.1) is 11.1 Å². The van der Waals surface area contributed by atoms with Crippen molar-refractivity contribution in [1.29, 1.82) is 0 Å². The Bertz CT molecular complexity index is 912. The Morgan fingerprint density at radius 1 is 1.11 bits per heavy atom. The van der Waals surface area contributed by atoms with Crippen LogP contribution in [0.4, 0.5) is 0 Å². The first kappa shape index (κ1) is 19.2. The largest absolute Gasteiger partial charge is 0.351 e. The Morgan fingerprint density at radius 3 is 2.52 bits per heavy atom. The van der Waals surface area contributed by atoms with E-state index in [2.05, 4.69) is 11.9 Å². The molecule has 5 nitrogen and oxygen atoms in total. The second kappa shape index (κ2) is 8.41. The molecule has 0 aliphatic carbocycles. The minimum atomic E-state index is -0.400. The molecule has 0 atom stereocenters. The Kier molecular flexibility index (Phi) is 5.98. The Labute approximate surface area is 166 Å². The van der Waals surface area contributed by atoms with Crippen LogP contribution in [0.2, 0.25) is 5.02 Å². The van der Waals surface area contributed by atoms with Gasteiger partial charge in [0.15, 0.2) is 0 Å². The average Bonchev–Trinajstić information content (AvgIpc) is 2.91. The lowest BCUT2D eigenvalue weighted by molar-refractivity contribution is 0.0672. The summed E-state index contributed by atoms with van der Waals surface area (Å²) >= 11 is 7.45. The molecular weight excluding hydrogens is 384 g/mol. The van der Waals surface area contributed by atoms with Gasteiger partial charge in [0.1, 0.15) is 0 Å². The predicted molar refractivity (Wildman–Crippen MR) is 107 cm³/mol. The van der Waals surface area contributed by atoms with Gasteiger partial charge >= 0.3 is 0 Å². The quantitative estimate of drug-likeness (QED) is 0.333. The van der Waals surface area contributed by atoms with Crippen LogP contribution in [0.25, 0.3) is 0 Å². The molecule has 0 saturated carbocycles. The van der Waals surface area contributed by atoms with Gasteiger partial charge in [0, 0.05) is 34.3 Å². The average molecular weight is 401 g/mol. The summed E-state index contributed by atoms with van der Waals surface area (Å²) < 4.78 is 0. The van der Waals surface area contributed by atoms with Crippen molar-refractivity contribution in [2.24, 2.45) is 0 Å². The second-order valence-electron chi connectivity index (χ2n) is 5.83. The highest BCUT2D eigenvalue weighted by molar-refractivity contribution is 7.99. The number of hydrogen-bond acceptors (Lipinski definition) is 4. The van der Waals surface area contributed by atoms with E-state index in [4.69, 9.17) is 11.6 Å². The number of hydrogen-bond donors (Lipinski definition) is 1. The molecule has 3 rings (SSSR count). The fourth-order valence-corrected chi connectivity index (χ4v) is 3.59. The molecule has 0 spiro atoms. The van der Waals surface area contributed by atoms with Crippen molar-refractivity contribution in [3.63, 3.8) is 0 Å². The number of benzene rings is 2. The van der Waals surface area contributed by atoms with Crippen LogP contribution < -0.4 is 5.32 Å². The van der Waals surface area contributed by atoms with Gasteiger partial charge in [-0.25, -0.2) is 0 Å². The third kappa shape index (κ3) is 4.23. The van der Waals surface area contributed by atoms with Gasteiger partial charge in [-0.1, -0.05) is 17.7 Å². The highest BCUT2D eigenvalue weighted by atomic mass is 35.5. The van der Waals surface area contributed by atoms with E-state index in [0.717, 1.165) is 9.80 Å². The number of fused-ring (bicyclic) bond motifs is 1. The van der Waals surface area contributed by atoms with Crippen molar-refractivity contribution in [3.8, 4) is 0 Å². The maximum absolute atomic E-state index is 12.3. The molecule has 0 aromatic heterocycles. The number of carbonyl (C=O) groups excluding carboxylic acids is 3. The van der Waals surface area contributed by atoms with Crippen LogP contribution >= 0.6 is 23.4 Å². The number of thioether (sulfide) groups is 1. The third-order valence-electron chi connectivity index (χ3n) is 4.01. The van der Waals surface area contributed by atoms with Gasteiger partial charge in [-0.15, -0.1) is 18.3 Å². The summed E-state index contributed by atoms with van der Waals surface area (Å²) in [6.45, 7) is 4.17. The van der Waals surface area contributed by atoms with Crippen LogP contribution in [0.1, 0.15) is 31.1 Å². The van der Waals surface area contributed by atoms with Gasteiger partial charge in [-0.05, 0) is 42.5 Å². The maximum atomic E-state index is 12.3. The van der Waals surface area contributed by atoms with Crippen molar-refractivity contribution in [3.05, 3.63) is 76.8 Å². The van der Waals surface area contributed by atoms with Gasteiger partial charge in [0.2, 0.25) is 0 Å². The Hall–Kier alpha value is -2.57. The molecule has 27 heavy (non-hydrogen) atoms. The number of nitrogens with one attached hydrogen (secondary N) is 1. The molecule has 0 bridgehead atoms. The molecule has 3 amide bonds. The summed E-state index contributed by atoms with van der Waals surface area (Å²) in [7, 11) is 0. The molecule has 1 heterocycles. The first-order valence-corrected chi connectivity index (χ1v) is 9.65. The standard InChI is InChI=1S/C20H17ClN2O3S/c1-2-10-23-19(25)16-8-3-13(12-17(16)20(23)26)18(24)22-9-11-27-15-6-4-14(21)5-7-15/h2-8,12H,1,9-11H2,(H,22,24). The number of amides is 3. The van der Waals surface area contributed by atoms with Crippen molar-refractivity contribution in [2.45, 2.75) is 4.90 Å². The van der Waals surface area contributed by atoms with Gasteiger partial charge < -0.3 is 5.32 Å². The molecule has 1 N–H and O–H groups in total. The van der Waals surface area contributed by atoms with Crippen LogP contribution in [-0.4, -0.2) is 41.5 Å². The lowest BCUT2D eigenvalue weighted by atomic mass is 10.1. The Balaban J connectivity index is 1.58. The molecule has 0 fully saturated rings. The summed E-state index contributed by atoms with van der Waals surface area (Å²) in [4.78, 5) is 39.0. The second-order valence-corrected chi connectivity index (χ2v) is 7.43. The van der Waals surface area contributed by atoms with E-state index in [9.17, 15) is 14.4 Å². The predicted octanol–water partition coefficient (Wildman–Crippen LogP) is 3.64. The SMILES string of the molecule is C=CCN1C(=O)c2ccc(C(=O)NCCSc3ccc(Cl)cc3)cc2C1=O. The lowest BCUT2D eigenvalue weighted by Crippen LogP contribution is -2.29. The minimum absolute atomic E-state index is 0.149. The molecule has 0 saturated heterocycles. The zero-order chi connectivity index (χ0) is 19.4. The maximum Gasteiger partial charge on any atom is 0.261 e. The zero-order valence-corrected chi connectivity index (χ0v) is 16.0. The van der Waals surface area contributed by atoms with Crippen LogP contribution in [-0.2, 0) is 0 Å².